The molecule has 0 aliphatic carbocycles. The Morgan fingerprint density at radius 3 is 2.50 bits per heavy atom. The van der Waals surface area contributed by atoms with Crippen LogP contribution in [0.5, 0.6) is 6.01 Å². The van der Waals surface area contributed by atoms with Crippen LogP contribution in [0.2, 0.25) is 0 Å². The van der Waals surface area contributed by atoms with Gasteiger partial charge in [-0.2, -0.15) is 4.98 Å². The molecule has 2 aromatic rings. The van der Waals surface area contributed by atoms with Gasteiger partial charge in [0, 0.05) is 5.56 Å². The Morgan fingerprint density at radius 2 is 1.93 bits per heavy atom. The van der Waals surface area contributed by atoms with E-state index in [9.17, 15) is 0 Å². The molecule has 0 bridgehead atoms. The van der Waals surface area contributed by atoms with E-state index in [2.05, 4.69) is 15.2 Å². The van der Waals surface area contributed by atoms with Gasteiger partial charge in [0.1, 0.15) is 0 Å². The van der Waals surface area contributed by atoms with Crippen molar-refractivity contribution in [3.8, 4) is 17.4 Å². The highest BCUT2D eigenvalue weighted by Gasteiger charge is 2.04. The third-order valence-corrected chi connectivity index (χ3v) is 1.97. The summed E-state index contributed by atoms with van der Waals surface area (Å²) in [5.41, 5.74) is 2.23. The fourth-order valence-corrected chi connectivity index (χ4v) is 1.18. The zero-order chi connectivity index (χ0) is 9.97. The van der Waals surface area contributed by atoms with Crippen molar-refractivity contribution in [2.24, 2.45) is 0 Å². The highest BCUT2D eigenvalue weighted by atomic mass is 16.5. The number of rotatable bonds is 2. The van der Waals surface area contributed by atoms with E-state index >= 15 is 0 Å². The van der Waals surface area contributed by atoms with E-state index < -0.39 is 0 Å². The number of hydrogen-bond donors (Lipinski definition) is 1. The summed E-state index contributed by atoms with van der Waals surface area (Å²) in [6.07, 6.45) is 0. The maximum Gasteiger partial charge on any atom is 0.335 e. The lowest BCUT2D eigenvalue weighted by molar-refractivity contribution is 0.382. The van der Waals surface area contributed by atoms with Gasteiger partial charge in [-0.15, -0.1) is 5.10 Å². The average molecular weight is 189 g/mol. The molecule has 1 aromatic carbocycles. The molecule has 0 spiro atoms. The largest absolute Gasteiger partial charge is 0.466 e. The molecule has 0 radical (unpaired) electrons. The first-order valence-corrected chi connectivity index (χ1v) is 4.33. The molecule has 4 nitrogen and oxygen atoms in total. The van der Waals surface area contributed by atoms with Crippen LogP contribution in [0.4, 0.5) is 0 Å². The standard InChI is InChI=1S/C10H11N3O/c1-7-3-5-8(6-4-7)9-11-10(14-2)13-12-9/h3-6H,1-2H3,(H,11,12,13). The summed E-state index contributed by atoms with van der Waals surface area (Å²) in [4.78, 5) is 4.14. The molecule has 72 valence electrons. The number of ether oxygens (including phenoxy) is 1. The third kappa shape index (κ3) is 1.59. The predicted octanol–water partition coefficient (Wildman–Crippen LogP) is 1.79. The number of H-pyrrole nitrogens is 1. The van der Waals surface area contributed by atoms with Gasteiger partial charge in [-0.3, -0.25) is 5.10 Å². The molecule has 1 aromatic heterocycles. The lowest BCUT2D eigenvalue weighted by Gasteiger charge is -1.95. The fourth-order valence-electron chi connectivity index (χ4n) is 1.18. The summed E-state index contributed by atoms with van der Waals surface area (Å²) in [6.45, 7) is 2.05. The second kappa shape index (κ2) is 3.49. The van der Waals surface area contributed by atoms with E-state index in [0.717, 1.165) is 11.4 Å². The number of nitrogens with zero attached hydrogens (tertiary/aromatic N) is 2. The molecule has 0 saturated heterocycles. The number of nitrogens with one attached hydrogen (secondary N) is 1. The molecule has 2 rings (SSSR count). The van der Waals surface area contributed by atoms with Gasteiger partial charge in [0.2, 0.25) is 0 Å². The minimum absolute atomic E-state index is 0.362. The van der Waals surface area contributed by atoms with Crippen LogP contribution in [0, 0.1) is 6.92 Å². The van der Waals surface area contributed by atoms with Crippen molar-refractivity contribution in [2.75, 3.05) is 7.11 Å². The van der Waals surface area contributed by atoms with Crippen molar-refractivity contribution in [3.05, 3.63) is 29.8 Å². The van der Waals surface area contributed by atoms with Crippen LogP contribution in [-0.4, -0.2) is 22.3 Å². The topological polar surface area (TPSA) is 50.8 Å². The van der Waals surface area contributed by atoms with Crippen molar-refractivity contribution in [1.29, 1.82) is 0 Å². The van der Waals surface area contributed by atoms with Gasteiger partial charge >= 0.3 is 6.01 Å². The van der Waals surface area contributed by atoms with Gasteiger partial charge in [-0.05, 0) is 6.92 Å². The van der Waals surface area contributed by atoms with Crippen molar-refractivity contribution in [3.63, 3.8) is 0 Å². The Hall–Kier alpha value is -1.84. The lowest BCUT2D eigenvalue weighted by Crippen LogP contribution is -1.83. The molecule has 4 heteroatoms. The van der Waals surface area contributed by atoms with Crippen LogP contribution in [0.1, 0.15) is 5.56 Å². The summed E-state index contributed by atoms with van der Waals surface area (Å²) in [5.74, 6) is 0.724. The molecule has 0 aliphatic rings. The highest BCUT2D eigenvalue weighted by Crippen LogP contribution is 2.16. The van der Waals surface area contributed by atoms with Crippen LogP contribution in [0.15, 0.2) is 24.3 Å². The van der Waals surface area contributed by atoms with Gasteiger partial charge in [-0.1, -0.05) is 29.8 Å². The van der Waals surface area contributed by atoms with Crippen LogP contribution < -0.4 is 4.74 Å². The minimum Gasteiger partial charge on any atom is -0.466 e. The van der Waals surface area contributed by atoms with Gasteiger partial charge < -0.3 is 4.74 Å². The maximum atomic E-state index is 4.89. The number of aryl methyl sites for hydroxylation is 1. The second-order valence-electron chi connectivity index (χ2n) is 3.04. The minimum atomic E-state index is 0.362. The van der Waals surface area contributed by atoms with Crippen LogP contribution in [0.25, 0.3) is 11.4 Å². The van der Waals surface area contributed by atoms with Crippen LogP contribution in [-0.2, 0) is 0 Å². The summed E-state index contributed by atoms with van der Waals surface area (Å²) in [6, 6.07) is 8.42. The first kappa shape index (κ1) is 8.74. The van der Waals surface area contributed by atoms with Crippen LogP contribution in [0.3, 0.4) is 0 Å². The highest BCUT2D eigenvalue weighted by molar-refractivity contribution is 5.55. The molecular formula is C10H11N3O. The Kier molecular flexibility index (Phi) is 2.18. The third-order valence-electron chi connectivity index (χ3n) is 1.97. The summed E-state index contributed by atoms with van der Waals surface area (Å²) < 4.78 is 4.89. The van der Waals surface area contributed by atoms with Crippen LogP contribution >= 0.6 is 0 Å². The maximum absolute atomic E-state index is 4.89. The second-order valence-corrected chi connectivity index (χ2v) is 3.04. The molecule has 0 amide bonds. The normalized spacial score (nSPS) is 10.1. The molecule has 0 fully saturated rings. The fraction of sp³-hybridized carbons (Fsp3) is 0.200. The lowest BCUT2D eigenvalue weighted by atomic mass is 10.1. The molecular weight excluding hydrogens is 178 g/mol. The van der Waals surface area contributed by atoms with E-state index in [4.69, 9.17) is 4.74 Å². The van der Waals surface area contributed by atoms with E-state index in [1.807, 2.05) is 31.2 Å². The SMILES string of the molecule is COc1n[nH]c(-c2ccc(C)cc2)n1. The van der Waals surface area contributed by atoms with Gasteiger partial charge in [0.15, 0.2) is 5.82 Å². The zero-order valence-electron chi connectivity index (χ0n) is 8.11. The first-order chi connectivity index (χ1) is 6.79. The number of aromatic amines is 1. The first-order valence-electron chi connectivity index (χ1n) is 4.33. The van der Waals surface area contributed by atoms with Gasteiger partial charge in [-0.25, -0.2) is 0 Å². The van der Waals surface area contributed by atoms with Crippen molar-refractivity contribution in [2.45, 2.75) is 6.92 Å². The molecule has 0 atom stereocenters. The van der Waals surface area contributed by atoms with E-state index in [-0.39, 0.29) is 0 Å². The Labute approximate surface area is 81.9 Å². The number of benzene rings is 1. The van der Waals surface area contributed by atoms with E-state index in [1.54, 1.807) is 7.11 Å². The molecule has 1 heterocycles. The van der Waals surface area contributed by atoms with Gasteiger partial charge in [0.25, 0.3) is 0 Å². The summed E-state index contributed by atoms with van der Waals surface area (Å²) in [5, 5.41) is 6.68. The van der Waals surface area contributed by atoms with E-state index in [1.165, 1.54) is 5.56 Å². The Balaban J connectivity index is 2.34. The Bertz CT molecular complexity index is 419. The molecule has 0 saturated carbocycles. The Morgan fingerprint density at radius 1 is 1.21 bits per heavy atom. The summed E-state index contributed by atoms with van der Waals surface area (Å²) >= 11 is 0. The van der Waals surface area contributed by atoms with Crippen molar-refractivity contribution < 1.29 is 4.74 Å². The van der Waals surface area contributed by atoms with Crippen molar-refractivity contribution in [1.82, 2.24) is 15.2 Å². The zero-order valence-corrected chi connectivity index (χ0v) is 8.11. The smallest absolute Gasteiger partial charge is 0.335 e. The van der Waals surface area contributed by atoms with Crippen molar-refractivity contribution >= 4 is 0 Å². The monoisotopic (exact) mass is 189 g/mol. The summed E-state index contributed by atoms with van der Waals surface area (Å²) in [7, 11) is 1.54. The number of aromatic nitrogens is 3. The number of methoxy groups -OCH3 is 1. The average Bonchev–Trinajstić information content (AvgIpc) is 2.67. The van der Waals surface area contributed by atoms with Gasteiger partial charge in [0.05, 0.1) is 7.11 Å². The molecule has 0 unspecified atom stereocenters. The predicted molar refractivity (Wildman–Crippen MR) is 53.1 cm³/mol. The quantitative estimate of drug-likeness (QED) is 0.783. The molecule has 0 aliphatic heterocycles. The molecule has 14 heavy (non-hydrogen) atoms. The molecule has 1 N–H and O–H groups in total. The van der Waals surface area contributed by atoms with E-state index in [0.29, 0.717) is 6.01 Å². The number of hydrogen-bond acceptors (Lipinski definition) is 3.